The van der Waals surface area contributed by atoms with Crippen LogP contribution in [0, 0.1) is 29.6 Å². The number of aliphatic carboxylic acids is 1. The van der Waals surface area contributed by atoms with Crippen molar-refractivity contribution in [1.82, 2.24) is 4.57 Å². The number of carbonyl (C=O) groups is 1. The second-order valence-corrected chi connectivity index (χ2v) is 7.50. The van der Waals surface area contributed by atoms with E-state index in [0.717, 1.165) is 11.8 Å². The molecule has 0 spiro atoms. The zero-order valence-electron chi connectivity index (χ0n) is 12.0. The van der Waals surface area contributed by atoms with Crippen LogP contribution in [0.2, 0.25) is 0 Å². The normalized spacial score (nSPS) is 41.5. The summed E-state index contributed by atoms with van der Waals surface area (Å²) in [6.07, 6.45) is 10.3. The second-order valence-electron chi connectivity index (χ2n) is 7.50. The lowest BCUT2D eigenvalue weighted by Gasteiger charge is -2.58. The molecule has 20 heavy (non-hydrogen) atoms. The molecule has 1 aromatic rings. The van der Waals surface area contributed by atoms with Gasteiger partial charge in [-0.1, -0.05) is 0 Å². The Kier molecular flexibility index (Phi) is 2.57. The number of carboxylic acids is 1. The van der Waals surface area contributed by atoms with E-state index in [2.05, 4.69) is 0 Å². The molecule has 4 aliphatic rings. The van der Waals surface area contributed by atoms with E-state index in [1.807, 2.05) is 36.0 Å². The minimum atomic E-state index is -0.772. The highest BCUT2D eigenvalue weighted by atomic mass is 16.4. The minimum Gasteiger partial charge on any atom is -0.479 e. The molecule has 1 unspecified atom stereocenters. The molecule has 0 amide bonds. The van der Waals surface area contributed by atoms with E-state index in [-0.39, 0.29) is 0 Å². The third-order valence-electron chi connectivity index (χ3n) is 6.45. The molecule has 1 heterocycles. The first-order valence-corrected chi connectivity index (χ1v) is 7.96. The topological polar surface area (TPSA) is 42.2 Å². The van der Waals surface area contributed by atoms with Gasteiger partial charge in [-0.3, -0.25) is 0 Å². The highest BCUT2D eigenvalue weighted by Crippen LogP contribution is 2.60. The molecule has 4 saturated carbocycles. The number of hydrogen-bond acceptors (Lipinski definition) is 1. The number of nitrogens with zero attached hydrogens (tertiary/aromatic N) is 1. The Balaban J connectivity index is 1.76. The van der Waals surface area contributed by atoms with Gasteiger partial charge >= 0.3 is 5.97 Å². The molecule has 4 bridgehead atoms. The maximum absolute atomic E-state index is 12.1. The lowest BCUT2D eigenvalue weighted by atomic mass is 9.48. The largest absolute Gasteiger partial charge is 0.479 e. The molecule has 1 aromatic heterocycles. The van der Waals surface area contributed by atoms with Gasteiger partial charge in [0.15, 0.2) is 0 Å². The fourth-order valence-corrected chi connectivity index (χ4v) is 5.91. The van der Waals surface area contributed by atoms with Gasteiger partial charge < -0.3 is 9.67 Å². The van der Waals surface area contributed by atoms with Gasteiger partial charge in [0.2, 0.25) is 0 Å². The first-order valence-electron chi connectivity index (χ1n) is 7.96. The van der Waals surface area contributed by atoms with Crippen molar-refractivity contribution < 1.29 is 9.90 Å². The van der Waals surface area contributed by atoms with Crippen LogP contribution in [-0.2, 0) is 10.3 Å². The van der Waals surface area contributed by atoms with Gasteiger partial charge in [0.05, 0.1) is 0 Å². The smallest absolute Gasteiger partial charge is 0.329 e. The van der Waals surface area contributed by atoms with Crippen LogP contribution in [0.25, 0.3) is 0 Å². The highest BCUT2D eigenvalue weighted by Gasteiger charge is 2.57. The lowest BCUT2D eigenvalue weighted by Crippen LogP contribution is -2.57. The maximum Gasteiger partial charge on any atom is 0.329 e. The van der Waals surface area contributed by atoms with Crippen LogP contribution in [0.4, 0.5) is 0 Å². The predicted molar refractivity (Wildman–Crippen MR) is 76.3 cm³/mol. The Bertz CT molecular complexity index is 493. The first kappa shape index (κ1) is 12.5. The molecule has 4 aliphatic carbocycles. The van der Waals surface area contributed by atoms with Gasteiger partial charge in [0.1, 0.15) is 5.54 Å². The van der Waals surface area contributed by atoms with Crippen molar-refractivity contribution in [3.8, 4) is 0 Å². The van der Waals surface area contributed by atoms with E-state index in [1.165, 1.54) is 32.1 Å². The number of hydrogen-bond donors (Lipinski definition) is 1. The summed E-state index contributed by atoms with van der Waals surface area (Å²) in [6.45, 7) is 1.95. The van der Waals surface area contributed by atoms with Crippen LogP contribution in [0.15, 0.2) is 24.5 Å². The summed E-state index contributed by atoms with van der Waals surface area (Å²) in [5.41, 5.74) is -0.772. The zero-order valence-corrected chi connectivity index (χ0v) is 12.0. The fraction of sp³-hybridized carbons (Fsp3) is 0.706. The van der Waals surface area contributed by atoms with Gasteiger partial charge in [0, 0.05) is 12.4 Å². The lowest BCUT2D eigenvalue weighted by molar-refractivity contribution is -0.161. The molecule has 3 nitrogen and oxygen atoms in total. The van der Waals surface area contributed by atoms with Crippen molar-refractivity contribution >= 4 is 5.97 Å². The van der Waals surface area contributed by atoms with E-state index >= 15 is 0 Å². The number of aromatic nitrogens is 1. The average Bonchev–Trinajstić information content (AvgIpc) is 2.90. The van der Waals surface area contributed by atoms with E-state index in [9.17, 15) is 9.90 Å². The fourth-order valence-electron chi connectivity index (χ4n) is 5.91. The highest BCUT2D eigenvalue weighted by molar-refractivity contribution is 5.77. The van der Waals surface area contributed by atoms with E-state index in [1.54, 1.807) is 0 Å². The predicted octanol–water partition coefficient (Wildman–Crippen LogP) is 3.36. The van der Waals surface area contributed by atoms with Gasteiger partial charge in [-0.25, -0.2) is 4.79 Å². The third-order valence-corrected chi connectivity index (χ3v) is 6.45. The Labute approximate surface area is 120 Å². The summed E-state index contributed by atoms with van der Waals surface area (Å²) in [5.74, 6) is 2.66. The van der Waals surface area contributed by atoms with Crippen molar-refractivity contribution in [2.45, 2.75) is 44.6 Å². The maximum atomic E-state index is 12.1. The van der Waals surface area contributed by atoms with Gasteiger partial charge in [-0.15, -0.1) is 0 Å². The summed E-state index contributed by atoms with van der Waals surface area (Å²) < 4.78 is 1.95. The Morgan fingerprint density at radius 2 is 1.55 bits per heavy atom. The molecule has 0 aliphatic heterocycles. The molecular weight excluding hydrogens is 250 g/mol. The molecule has 1 N–H and O–H groups in total. The van der Waals surface area contributed by atoms with Crippen molar-refractivity contribution in [3.63, 3.8) is 0 Å². The molecule has 1 atom stereocenters. The number of rotatable bonds is 3. The summed E-state index contributed by atoms with van der Waals surface area (Å²) in [6, 6.07) is 3.88. The van der Waals surface area contributed by atoms with Crippen LogP contribution in [0.5, 0.6) is 0 Å². The standard InChI is InChI=1S/C17H23NO2/c1-17(16(19)20,18-4-2-3-5-18)15-13-7-11-6-12(9-13)10-14(15)8-11/h2-5,11-15H,6-10H2,1H3,(H,19,20). The van der Waals surface area contributed by atoms with Crippen LogP contribution < -0.4 is 0 Å². The molecule has 0 aromatic carbocycles. The van der Waals surface area contributed by atoms with Crippen molar-refractivity contribution in [1.29, 1.82) is 0 Å². The van der Waals surface area contributed by atoms with Crippen LogP contribution in [0.1, 0.15) is 39.0 Å². The van der Waals surface area contributed by atoms with E-state index in [4.69, 9.17) is 0 Å². The number of carboxylic acid groups (broad SMARTS) is 1. The van der Waals surface area contributed by atoms with Crippen LogP contribution in [-0.4, -0.2) is 15.6 Å². The Morgan fingerprint density at radius 1 is 1.05 bits per heavy atom. The molecule has 0 radical (unpaired) electrons. The molecule has 108 valence electrons. The van der Waals surface area contributed by atoms with Gasteiger partial charge in [0.25, 0.3) is 0 Å². The quantitative estimate of drug-likeness (QED) is 0.917. The molecule has 0 saturated heterocycles. The second kappa shape index (κ2) is 4.12. The Hall–Kier alpha value is -1.25. The van der Waals surface area contributed by atoms with Crippen molar-refractivity contribution in [3.05, 3.63) is 24.5 Å². The van der Waals surface area contributed by atoms with Crippen molar-refractivity contribution in [2.75, 3.05) is 0 Å². The van der Waals surface area contributed by atoms with Gasteiger partial charge in [-0.2, -0.15) is 0 Å². The molecule has 3 heteroatoms. The summed E-state index contributed by atoms with van der Waals surface area (Å²) in [5, 5.41) is 9.97. The van der Waals surface area contributed by atoms with Crippen molar-refractivity contribution in [2.24, 2.45) is 29.6 Å². The molecular formula is C17H23NO2. The zero-order chi connectivity index (χ0) is 13.9. The third kappa shape index (κ3) is 1.55. The first-order chi connectivity index (χ1) is 9.59. The summed E-state index contributed by atoms with van der Waals surface area (Å²) >= 11 is 0. The average molecular weight is 273 g/mol. The molecule has 4 fully saturated rings. The van der Waals surface area contributed by atoms with Crippen LogP contribution in [0.3, 0.4) is 0 Å². The Morgan fingerprint density at radius 3 is 2.00 bits per heavy atom. The van der Waals surface area contributed by atoms with E-state index in [0.29, 0.717) is 17.8 Å². The van der Waals surface area contributed by atoms with Crippen LogP contribution >= 0.6 is 0 Å². The molecule has 5 rings (SSSR count). The monoisotopic (exact) mass is 273 g/mol. The summed E-state index contributed by atoms with van der Waals surface area (Å²) in [7, 11) is 0. The SMILES string of the molecule is CC(C(=O)O)(C1C2CC3CC(C2)CC1C3)n1cccc1. The van der Waals surface area contributed by atoms with Gasteiger partial charge in [-0.05, 0) is 80.8 Å². The summed E-state index contributed by atoms with van der Waals surface area (Å²) in [4.78, 5) is 12.1. The van der Waals surface area contributed by atoms with E-state index < -0.39 is 11.5 Å². The minimum absolute atomic E-state index is 0.306.